The zero-order chi connectivity index (χ0) is 22.5. The molecule has 1 saturated carbocycles. The lowest BCUT2D eigenvalue weighted by Gasteiger charge is -2.38. The van der Waals surface area contributed by atoms with Gasteiger partial charge in [0, 0.05) is 57.7 Å². The van der Waals surface area contributed by atoms with Crippen molar-refractivity contribution in [3.63, 3.8) is 0 Å². The van der Waals surface area contributed by atoms with Gasteiger partial charge in [0.05, 0.1) is 16.7 Å². The first kappa shape index (κ1) is 21.1. The van der Waals surface area contributed by atoms with Crippen molar-refractivity contribution in [3.05, 3.63) is 63.4 Å². The van der Waals surface area contributed by atoms with E-state index in [1.165, 1.54) is 25.5 Å². The number of allylic oxidation sites excluding steroid dienone is 1. The summed E-state index contributed by atoms with van der Waals surface area (Å²) in [6, 6.07) is 2.45. The van der Waals surface area contributed by atoms with Crippen LogP contribution in [0.15, 0.2) is 41.1 Å². The number of nitrogens with one attached hydrogen (secondary N) is 1. The second kappa shape index (κ2) is 7.95. The zero-order valence-corrected chi connectivity index (χ0v) is 18.0. The number of hydrogen-bond acceptors (Lipinski definition) is 5. The summed E-state index contributed by atoms with van der Waals surface area (Å²) in [4.78, 5) is 25.8. The second-order valence-corrected chi connectivity index (χ2v) is 8.84. The van der Waals surface area contributed by atoms with Crippen LogP contribution < -0.4 is 5.56 Å². The van der Waals surface area contributed by atoms with Gasteiger partial charge in [-0.25, -0.2) is 0 Å². The van der Waals surface area contributed by atoms with Crippen molar-refractivity contribution < 1.29 is 13.2 Å². The van der Waals surface area contributed by atoms with Crippen molar-refractivity contribution in [3.8, 4) is 0 Å². The Hall–Kier alpha value is -2.81. The minimum atomic E-state index is -4.70. The maximum absolute atomic E-state index is 13.2. The Kier molecular flexibility index (Phi) is 5.23. The summed E-state index contributed by atoms with van der Waals surface area (Å²) in [5, 5.41) is 0. The van der Waals surface area contributed by atoms with Gasteiger partial charge in [-0.3, -0.25) is 14.7 Å². The number of piperazine rings is 1. The van der Waals surface area contributed by atoms with Gasteiger partial charge in [-0.15, -0.1) is 0 Å². The Bertz CT molecular complexity index is 1140. The molecule has 2 aromatic heterocycles. The number of hydrogen-bond donors (Lipinski definition) is 1. The summed E-state index contributed by atoms with van der Waals surface area (Å²) in [5.74, 6) is 0. The van der Waals surface area contributed by atoms with Crippen LogP contribution in [-0.4, -0.2) is 63.4 Å². The van der Waals surface area contributed by atoms with E-state index in [1.807, 2.05) is 0 Å². The van der Waals surface area contributed by atoms with Gasteiger partial charge < -0.3 is 14.8 Å². The summed E-state index contributed by atoms with van der Waals surface area (Å²) < 4.78 is 39.6. The van der Waals surface area contributed by atoms with Gasteiger partial charge in [-0.05, 0) is 43.0 Å². The third kappa shape index (κ3) is 4.13. The molecule has 0 radical (unpaired) electrons. The number of alkyl halides is 3. The fourth-order valence-corrected chi connectivity index (χ4v) is 4.63. The van der Waals surface area contributed by atoms with Crippen molar-refractivity contribution in [1.29, 1.82) is 0 Å². The predicted molar refractivity (Wildman–Crippen MR) is 116 cm³/mol. The zero-order valence-electron chi connectivity index (χ0n) is 18.0. The summed E-state index contributed by atoms with van der Waals surface area (Å²) in [6.07, 6.45) is 6.20. The van der Waals surface area contributed by atoms with Crippen LogP contribution in [0.2, 0.25) is 0 Å². The maximum atomic E-state index is 13.2. The molecule has 9 heteroatoms. The SMILES string of the molecule is Cc1c(C(F)(F)F)c(=O)[nH]c2cc(CN3CCN(C4=CN(C5CC5)CC=C4)CC3)cnc12. The molecule has 32 heavy (non-hydrogen) atoms. The van der Waals surface area contributed by atoms with E-state index in [-0.39, 0.29) is 11.1 Å². The number of nitrogens with zero attached hydrogens (tertiary/aromatic N) is 4. The van der Waals surface area contributed by atoms with Crippen LogP contribution in [0, 0.1) is 6.92 Å². The van der Waals surface area contributed by atoms with Gasteiger partial charge in [-0.1, -0.05) is 6.08 Å². The lowest BCUT2D eigenvalue weighted by Crippen LogP contribution is -2.45. The smallest absolute Gasteiger partial charge is 0.369 e. The Morgan fingerprint density at radius 1 is 1.19 bits per heavy atom. The molecule has 170 valence electrons. The number of aryl methyl sites for hydroxylation is 1. The Balaban J connectivity index is 1.26. The van der Waals surface area contributed by atoms with Gasteiger partial charge in [0.15, 0.2) is 0 Å². The molecule has 0 aromatic carbocycles. The average Bonchev–Trinajstić information content (AvgIpc) is 3.59. The number of aromatic amines is 1. The first-order valence-electron chi connectivity index (χ1n) is 11.0. The fraction of sp³-hybridized carbons (Fsp3) is 0.478. The van der Waals surface area contributed by atoms with Crippen LogP contribution in [0.25, 0.3) is 11.0 Å². The molecule has 1 N–H and O–H groups in total. The van der Waals surface area contributed by atoms with E-state index in [2.05, 4.69) is 43.0 Å². The van der Waals surface area contributed by atoms with E-state index >= 15 is 0 Å². The number of aromatic nitrogens is 2. The van der Waals surface area contributed by atoms with Gasteiger partial charge in [-0.2, -0.15) is 13.2 Å². The summed E-state index contributed by atoms with van der Waals surface area (Å²) in [7, 11) is 0. The molecule has 3 aliphatic rings. The molecule has 5 rings (SSSR count). The van der Waals surface area contributed by atoms with E-state index in [0.29, 0.717) is 18.1 Å². The maximum Gasteiger partial charge on any atom is 0.422 e. The molecule has 1 aliphatic carbocycles. The van der Waals surface area contributed by atoms with E-state index in [4.69, 9.17) is 0 Å². The topological polar surface area (TPSA) is 55.5 Å². The third-order valence-electron chi connectivity index (χ3n) is 6.50. The largest absolute Gasteiger partial charge is 0.422 e. The molecule has 6 nitrogen and oxygen atoms in total. The van der Waals surface area contributed by atoms with Gasteiger partial charge >= 0.3 is 6.18 Å². The van der Waals surface area contributed by atoms with Gasteiger partial charge in [0.2, 0.25) is 0 Å². The van der Waals surface area contributed by atoms with Crippen molar-refractivity contribution in [2.75, 3.05) is 32.7 Å². The number of H-pyrrole nitrogens is 1. The van der Waals surface area contributed by atoms with E-state index in [1.54, 1.807) is 12.3 Å². The lowest BCUT2D eigenvalue weighted by atomic mass is 10.1. The monoisotopic (exact) mass is 445 g/mol. The van der Waals surface area contributed by atoms with Crippen LogP contribution in [-0.2, 0) is 12.7 Å². The molecule has 4 heterocycles. The standard InChI is InChI=1S/C23H26F3N5O/c1-15-20(23(24,25)26)22(32)28-19-11-16(12-27-21(15)19)13-29-7-9-30(10-8-29)18-3-2-6-31(14-18)17-4-5-17/h2-3,11-12,14,17H,4-10,13H2,1H3,(H,28,32). The normalized spacial score (nSPS) is 20.2. The summed E-state index contributed by atoms with van der Waals surface area (Å²) in [5.41, 5.74) is 0.236. The molecule has 0 spiro atoms. The highest BCUT2D eigenvalue weighted by atomic mass is 19.4. The minimum Gasteiger partial charge on any atom is -0.369 e. The van der Waals surface area contributed by atoms with Crippen LogP contribution in [0.3, 0.4) is 0 Å². The number of fused-ring (bicyclic) bond motifs is 1. The van der Waals surface area contributed by atoms with Gasteiger partial charge in [0.25, 0.3) is 5.56 Å². The number of pyridine rings is 2. The fourth-order valence-electron chi connectivity index (χ4n) is 4.63. The first-order chi connectivity index (χ1) is 15.3. The van der Waals surface area contributed by atoms with E-state index in [9.17, 15) is 18.0 Å². The molecular formula is C23H26F3N5O. The summed E-state index contributed by atoms with van der Waals surface area (Å²) >= 11 is 0. The van der Waals surface area contributed by atoms with Crippen LogP contribution in [0.1, 0.15) is 29.5 Å². The van der Waals surface area contributed by atoms with Crippen LogP contribution >= 0.6 is 0 Å². The van der Waals surface area contributed by atoms with Crippen molar-refractivity contribution in [2.45, 2.75) is 38.5 Å². The molecule has 2 aliphatic heterocycles. The molecule has 0 atom stereocenters. The number of rotatable bonds is 4. The highest BCUT2D eigenvalue weighted by Crippen LogP contribution is 2.32. The second-order valence-electron chi connectivity index (χ2n) is 8.84. The van der Waals surface area contributed by atoms with Crippen molar-refractivity contribution >= 4 is 11.0 Å². The third-order valence-corrected chi connectivity index (χ3v) is 6.50. The predicted octanol–water partition coefficient (Wildman–Crippen LogP) is 3.24. The molecule has 2 aromatic rings. The Morgan fingerprint density at radius 3 is 2.62 bits per heavy atom. The highest BCUT2D eigenvalue weighted by molar-refractivity contribution is 5.79. The Labute approximate surface area is 184 Å². The van der Waals surface area contributed by atoms with Crippen LogP contribution in [0.5, 0.6) is 0 Å². The highest BCUT2D eigenvalue weighted by Gasteiger charge is 2.37. The van der Waals surface area contributed by atoms with Crippen molar-refractivity contribution in [1.82, 2.24) is 24.7 Å². The quantitative estimate of drug-likeness (QED) is 0.783. The molecule has 2 fully saturated rings. The first-order valence-corrected chi connectivity index (χ1v) is 11.0. The van der Waals surface area contributed by atoms with E-state index in [0.717, 1.165) is 38.3 Å². The van der Waals surface area contributed by atoms with Crippen LogP contribution in [0.4, 0.5) is 13.2 Å². The molecule has 1 saturated heterocycles. The molecular weight excluding hydrogens is 419 g/mol. The molecule has 0 unspecified atom stereocenters. The molecule has 0 bridgehead atoms. The van der Waals surface area contributed by atoms with E-state index < -0.39 is 17.3 Å². The van der Waals surface area contributed by atoms with Crippen molar-refractivity contribution in [2.24, 2.45) is 0 Å². The lowest BCUT2D eigenvalue weighted by molar-refractivity contribution is -0.139. The Morgan fingerprint density at radius 2 is 1.94 bits per heavy atom. The van der Waals surface area contributed by atoms with Gasteiger partial charge in [0.1, 0.15) is 5.56 Å². The molecule has 0 amide bonds. The summed E-state index contributed by atoms with van der Waals surface area (Å²) in [6.45, 7) is 6.54. The number of halogens is 3. The average molecular weight is 445 g/mol. The minimum absolute atomic E-state index is 0.134.